The molecule has 0 saturated heterocycles. The van der Waals surface area contributed by atoms with Gasteiger partial charge in [0, 0.05) is 0 Å². The Kier molecular flexibility index (Phi) is 5.47. The van der Waals surface area contributed by atoms with Gasteiger partial charge in [0.15, 0.2) is 0 Å². The summed E-state index contributed by atoms with van der Waals surface area (Å²) >= 11 is 0. The summed E-state index contributed by atoms with van der Waals surface area (Å²) in [6.45, 7) is 0. The Labute approximate surface area is 142 Å². The van der Waals surface area contributed by atoms with Crippen molar-refractivity contribution >= 4 is 28.7 Å². The van der Waals surface area contributed by atoms with Crippen molar-refractivity contribution in [2.75, 3.05) is 0 Å². The van der Waals surface area contributed by atoms with E-state index in [1.165, 1.54) is 18.2 Å². The molecule has 0 aliphatic carbocycles. The fourth-order valence-electron chi connectivity index (χ4n) is 2.20. The zero-order valence-electron chi connectivity index (χ0n) is 12.9. The number of carboxylic acid groups (broad SMARTS) is 3. The number of hydrogen-bond donors (Lipinski definition) is 3. The lowest BCUT2D eigenvalue weighted by atomic mass is 10.1. The molecule has 0 radical (unpaired) electrons. The minimum Gasteiger partial charge on any atom is -0.478 e. The van der Waals surface area contributed by atoms with Gasteiger partial charge >= 0.3 is 17.9 Å². The Balaban J connectivity index is 0.000000181. The molecule has 3 aromatic carbocycles. The molecule has 3 aromatic rings. The van der Waals surface area contributed by atoms with Gasteiger partial charge in [-0.15, -0.1) is 0 Å². The molecule has 0 atom stereocenters. The normalized spacial score (nSPS) is 9.76. The molecule has 126 valence electrons. The van der Waals surface area contributed by atoms with Crippen LogP contribution in [0.1, 0.15) is 31.1 Å². The van der Waals surface area contributed by atoms with Crippen LogP contribution in [0.15, 0.2) is 66.7 Å². The predicted molar refractivity (Wildman–Crippen MR) is 91.3 cm³/mol. The number of carbonyl (C=O) groups is 3. The molecule has 0 fully saturated rings. The second kappa shape index (κ2) is 7.74. The van der Waals surface area contributed by atoms with Crippen molar-refractivity contribution in [2.45, 2.75) is 0 Å². The summed E-state index contributed by atoms with van der Waals surface area (Å²) in [5.74, 6) is -3.13. The zero-order valence-corrected chi connectivity index (χ0v) is 12.9. The topological polar surface area (TPSA) is 112 Å². The van der Waals surface area contributed by atoms with Gasteiger partial charge in [0.2, 0.25) is 0 Å². The maximum absolute atomic E-state index is 10.8. The van der Waals surface area contributed by atoms with E-state index in [0.29, 0.717) is 5.56 Å². The highest BCUT2D eigenvalue weighted by Crippen LogP contribution is 2.17. The van der Waals surface area contributed by atoms with Crippen LogP contribution in [0.2, 0.25) is 0 Å². The first-order chi connectivity index (χ1) is 11.9. The van der Waals surface area contributed by atoms with Crippen molar-refractivity contribution < 1.29 is 29.7 Å². The zero-order chi connectivity index (χ0) is 18.4. The van der Waals surface area contributed by atoms with Gasteiger partial charge in [-0.05, 0) is 35.0 Å². The maximum atomic E-state index is 10.8. The van der Waals surface area contributed by atoms with E-state index in [1.54, 1.807) is 12.1 Å². The molecule has 0 bridgehead atoms. The van der Waals surface area contributed by atoms with Crippen molar-refractivity contribution in [1.82, 2.24) is 0 Å². The highest BCUT2D eigenvalue weighted by Gasteiger charge is 2.07. The molecule has 0 amide bonds. The number of rotatable bonds is 3. The van der Waals surface area contributed by atoms with E-state index in [2.05, 4.69) is 0 Å². The summed E-state index contributed by atoms with van der Waals surface area (Å²) in [5.41, 5.74) is 0.322. The van der Waals surface area contributed by atoms with E-state index in [1.807, 2.05) is 30.3 Å². The second-order valence-electron chi connectivity index (χ2n) is 5.02. The van der Waals surface area contributed by atoms with E-state index < -0.39 is 17.9 Å². The van der Waals surface area contributed by atoms with Crippen LogP contribution in [0.25, 0.3) is 10.8 Å². The lowest BCUT2D eigenvalue weighted by Gasteiger charge is -2.00. The van der Waals surface area contributed by atoms with Crippen LogP contribution in [0, 0.1) is 0 Å². The van der Waals surface area contributed by atoms with Crippen LogP contribution in [-0.4, -0.2) is 33.2 Å². The van der Waals surface area contributed by atoms with Crippen molar-refractivity contribution in [3.05, 3.63) is 83.4 Å². The third-order valence-electron chi connectivity index (χ3n) is 3.38. The summed E-state index contributed by atoms with van der Waals surface area (Å²) in [7, 11) is 0. The molecule has 6 heteroatoms. The first-order valence-corrected chi connectivity index (χ1v) is 7.18. The largest absolute Gasteiger partial charge is 0.478 e. The molecule has 0 unspecified atom stereocenters. The molecular formula is C19H14O6. The Morgan fingerprint density at radius 3 is 1.68 bits per heavy atom. The average molecular weight is 338 g/mol. The number of fused-ring (bicyclic) bond motifs is 1. The predicted octanol–water partition coefficient (Wildman–Crippen LogP) is 3.62. The molecule has 25 heavy (non-hydrogen) atoms. The monoisotopic (exact) mass is 338 g/mol. The molecule has 0 spiro atoms. The molecule has 0 aliphatic heterocycles. The average Bonchev–Trinajstić information content (AvgIpc) is 2.61. The number of hydrogen-bond acceptors (Lipinski definition) is 3. The highest BCUT2D eigenvalue weighted by molar-refractivity contribution is 6.03. The molecule has 0 aromatic heterocycles. The Bertz CT molecular complexity index is 911. The van der Waals surface area contributed by atoms with Crippen molar-refractivity contribution in [1.29, 1.82) is 0 Å². The first kappa shape index (κ1) is 17.7. The molecule has 6 nitrogen and oxygen atoms in total. The van der Waals surface area contributed by atoms with Crippen LogP contribution in [0.5, 0.6) is 0 Å². The lowest BCUT2D eigenvalue weighted by Crippen LogP contribution is -2.01. The summed E-state index contributed by atoms with van der Waals surface area (Å²) in [5, 5.41) is 27.6. The highest BCUT2D eigenvalue weighted by atomic mass is 16.4. The van der Waals surface area contributed by atoms with Gasteiger partial charge in [-0.25, -0.2) is 14.4 Å². The van der Waals surface area contributed by atoms with Gasteiger partial charge in [-0.1, -0.05) is 42.5 Å². The van der Waals surface area contributed by atoms with Crippen LogP contribution >= 0.6 is 0 Å². The molecule has 0 aliphatic rings. The Hall–Kier alpha value is -3.67. The van der Waals surface area contributed by atoms with E-state index in [-0.39, 0.29) is 11.1 Å². The van der Waals surface area contributed by atoms with Crippen molar-refractivity contribution in [2.24, 2.45) is 0 Å². The third kappa shape index (κ3) is 4.42. The third-order valence-corrected chi connectivity index (χ3v) is 3.38. The number of benzene rings is 3. The quantitative estimate of drug-likeness (QED) is 0.672. The van der Waals surface area contributed by atoms with Crippen molar-refractivity contribution in [3.8, 4) is 0 Å². The van der Waals surface area contributed by atoms with Gasteiger partial charge in [0.1, 0.15) is 0 Å². The van der Waals surface area contributed by atoms with Gasteiger partial charge < -0.3 is 15.3 Å². The van der Waals surface area contributed by atoms with E-state index >= 15 is 0 Å². The SMILES string of the molecule is O=C(O)c1cccc(C(=O)O)c1.O=C(O)c1cccc2ccccc12. The summed E-state index contributed by atoms with van der Waals surface area (Å²) < 4.78 is 0. The van der Waals surface area contributed by atoms with E-state index in [9.17, 15) is 14.4 Å². The Morgan fingerprint density at radius 2 is 1.12 bits per heavy atom. The summed E-state index contributed by atoms with van der Waals surface area (Å²) in [6, 6.07) is 17.9. The summed E-state index contributed by atoms with van der Waals surface area (Å²) in [6.07, 6.45) is 0. The fourth-order valence-corrected chi connectivity index (χ4v) is 2.20. The van der Waals surface area contributed by atoms with Crippen molar-refractivity contribution in [3.63, 3.8) is 0 Å². The minimum atomic E-state index is -1.13. The van der Waals surface area contributed by atoms with Gasteiger partial charge in [0.25, 0.3) is 0 Å². The van der Waals surface area contributed by atoms with Gasteiger partial charge in [-0.3, -0.25) is 0 Å². The lowest BCUT2D eigenvalue weighted by molar-refractivity contribution is 0.0683. The summed E-state index contributed by atoms with van der Waals surface area (Å²) in [4.78, 5) is 31.6. The van der Waals surface area contributed by atoms with Crippen LogP contribution in [-0.2, 0) is 0 Å². The molecule has 3 rings (SSSR count). The fraction of sp³-hybridized carbons (Fsp3) is 0. The minimum absolute atomic E-state index is 0.0186. The first-order valence-electron chi connectivity index (χ1n) is 7.18. The molecule has 0 saturated carbocycles. The molecule has 0 heterocycles. The standard InChI is InChI=1S/C11H8O2.C8H6O4/c12-11(13)10-7-3-5-8-4-1-2-6-9(8)10;9-7(10)5-2-1-3-6(4-5)8(11)12/h1-7H,(H,12,13);1-4H,(H,9,10)(H,11,12). The number of carboxylic acids is 3. The van der Waals surface area contributed by atoms with Crippen LogP contribution in [0.4, 0.5) is 0 Å². The van der Waals surface area contributed by atoms with E-state index in [4.69, 9.17) is 15.3 Å². The second-order valence-corrected chi connectivity index (χ2v) is 5.02. The molecular weight excluding hydrogens is 324 g/mol. The smallest absolute Gasteiger partial charge is 0.336 e. The molecule has 3 N–H and O–H groups in total. The maximum Gasteiger partial charge on any atom is 0.336 e. The van der Waals surface area contributed by atoms with Gasteiger partial charge in [0.05, 0.1) is 16.7 Å². The van der Waals surface area contributed by atoms with Gasteiger partial charge in [-0.2, -0.15) is 0 Å². The van der Waals surface area contributed by atoms with E-state index in [0.717, 1.165) is 16.8 Å². The number of aromatic carboxylic acids is 3. The Morgan fingerprint density at radius 1 is 0.600 bits per heavy atom. The van der Waals surface area contributed by atoms with Crippen LogP contribution in [0.3, 0.4) is 0 Å². The van der Waals surface area contributed by atoms with Crippen LogP contribution < -0.4 is 0 Å².